The molecule has 0 fully saturated rings. The van der Waals surface area contributed by atoms with Crippen molar-refractivity contribution in [2.45, 2.75) is 24.0 Å². The van der Waals surface area contributed by atoms with E-state index in [0.717, 1.165) is 12.0 Å². The van der Waals surface area contributed by atoms with E-state index in [1.807, 2.05) is 12.1 Å². The van der Waals surface area contributed by atoms with Crippen LogP contribution < -0.4 is 5.73 Å². The standard InChI is InChI=1S/C15H16ClNOS/c1-2-11-3-5-12(6-4-11)10-19(18)15-9-13(17)7-8-14(15)16/h3-9H,2,10,17H2,1H3. The molecule has 0 saturated carbocycles. The predicted molar refractivity (Wildman–Crippen MR) is 81.8 cm³/mol. The number of benzene rings is 2. The van der Waals surface area contributed by atoms with Gasteiger partial charge in [0.05, 0.1) is 26.5 Å². The Hall–Kier alpha value is -1.32. The van der Waals surface area contributed by atoms with Crippen molar-refractivity contribution >= 4 is 28.1 Å². The first-order valence-corrected chi connectivity index (χ1v) is 7.81. The van der Waals surface area contributed by atoms with Crippen LogP contribution in [0.4, 0.5) is 5.69 Å². The van der Waals surface area contributed by atoms with Crippen LogP contribution in [0, 0.1) is 0 Å². The average molecular weight is 294 g/mol. The maximum Gasteiger partial charge on any atom is 0.0598 e. The summed E-state index contributed by atoms with van der Waals surface area (Å²) in [5, 5.41) is 0.498. The summed E-state index contributed by atoms with van der Waals surface area (Å²) in [6, 6.07) is 13.2. The van der Waals surface area contributed by atoms with E-state index in [0.29, 0.717) is 21.4 Å². The largest absolute Gasteiger partial charge is 0.399 e. The van der Waals surface area contributed by atoms with Gasteiger partial charge in [-0.15, -0.1) is 0 Å². The topological polar surface area (TPSA) is 43.1 Å². The molecule has 2 N–H and O–H groups in total. The maximum atomic E-state index is 12.3. The molecule has 0 aliphatic rings. The number of aryl methyl sites for hydroxylation is 1. The first-order chi connectivity index (χ1) is 9.10. The van der Waals surface area contributed by atoms with Crippen molar-refractivity contribution in [3.05, 3.63) is 58.6 Å². The van der Waals surface area contributed by atoms with Gasteiger partial charge in [-0.3, -0.25) is 4.21 Å². The van der Waals surface area contributed by atoms with Crippen molar-refractivity contribution in [3.8, 4) is 0 Å². The van der Waals surface area contributed by atoms with Gasteiger partial charge in [-0.2, -0.15) is 0 Å². The number of hydrogen-bond donors (Lipinski definition) is 1. The van der Waals surface area contributed by atoms with Crippen molar-refractivity contribution in [1.29, 1.82) is 0 Å². The summed E-state index contributed by atoms with van der Waals surface area (Å²) >= 11 is 6.06. The second-order valence-electron chi connectivity index (χ2n) is 4.35. The molecule has 0 saturated heterocycles. The van der Waals surface area contributed by atoms with E-state index in [4.69, 9.17) is 17.3 Å². The molecule has 100 valence electrons. The lowest BCUT2D eigenvalue weighted by Crippen LogP contribution is -1.99. The highest BCUT2D eigenvalue weighted by atomic mass is 35.5. The Bertz CT molecular complexity index is 596. The van der Waals surface area contributed by atoms with E-state index in [-0.39, 0.29) is 0 Å². The summed E-state index contributed by atoms with van der Waals surface area (Å²) in [6.45, 7) is 2.11. The molecule has 1 unspecified atom stereocenters. The number of nitrogen functional groups attached to an aromatic ring is 1. The van der Waals surface area contributed by atoms with Crippen molar-refractivity contribution in [2.24, 2.45) is 0 Å². The second kappa shape index (κ2) is 6.22. The lowest BCUT2D eigenvalue weighted by atomic mass is 10.1. The van der Waals surface area contributed by atoms with Crippen LogP contribution in [0.25, 0.3) is 0 Å². The molecule has 0 aliphatic carbocycles. The highest BCUT2D eigenvalue weighted by Crippen LogP contribution is 2.24. The molecule has 1 atom stereocenters. The van der Waals surface area contributed by atoms with Crippen molar-refractivity contribution < 1.29 is 4.21 Å². The molecule has 0 aromatic heterocycles. The van der Waals surface area contributed by atoms with E-state index in [2.05, 4.69) is 19.1 Å². The summed E-state index contributed by atoms with van der Waals surface area (Å²) in [4.78, 5) is 0.598. The molecule has 2 rings (SSSR count). The van der Waals surface area contributed by atoms with E-state index >= 15 is 0 Å². The third-order valence-corrected chi connectivity index (χ3v) is 4.80. The minimum atomic E-state index is -1.18. The van der Waals surface area contributed by atoms with Gasteiger partial charge >= 0.3 is 0 Å². The zero-order chi connectivity index (χ0) is 13.8. The number of rotatable bonds is 4. The molecule has 0 aliphatic heterocycles. The van der Waals surface area contributed by atoms with Crippen LogP contribution in [0.1, 0.15) is 18.1 Å². The summed E-state index contributed by atoms with van der Waals surface area (Å²) in [5.74, 6) is 0.452. The van der Waals surface area contributed by atoms with E-state index in [1.165, 1.54) is 5.56 Å². The van der Waals surface area contributed by atoms with Gasteiger partial charge in [-0.05, 0) is 35.7 Å². The molecule has 2 aromatic rings. The lowest BCUT2D eigenvalue weighted by molar-refractivity contribution is 0.682. The molecule has 2 nitrogen and oxygen atoms in total. The zero-order valence-electron chi connectivity index (χ0n) is 10.7. The minimum absolute atomic E-state index is 0.452. The molecule has 4 heteroatoms. The molecule has 0 bridgehead atoms. The van der Waals surface area contributed by atoms with Crippen molar-refractivity contribution in [1.82, 2.24) is 0 Å². The van der Waals surface area contributed by atoms with E-state index in [9.17, 15) is 4.21 Å². The Morgan fingerprint density at radius 2 is 1.74 bits per heavy atom. The van der Waals surface area contributed by atoms with Gasteiger partial charge in [0.2, 0.25) is 0 Å². The van der Waals surface area contributed by atoms with Crippen LogP contribution in [0.15, 0.2) is 47.4 Å². The fourth-order valence-electron chi connectivity index (χ4n) is 1.79. The van der Waals surface area contributed by atoms with Gasteiger partial charge in [-0.1, -0.05) is 42.8 Å². The average Bonchev–Trinajstić information content (AvgIpc) is 2.42. The van der Waals surface area contributed by atoms with Gasteiger partial charge < -0.3 is 5.73 Å². The fraction of sp³-hybridized carbons (Fsp3) is 0.200. The van der Waals surface area contributed by atoms with E-state index in [1.54, 1.807) is 18.2 Å². The van der Waals surface area contributed by atoms with Gasteiger partial charge in [0.25, 0.3) is 0 Å². The van der Waals surface area contributed by atoms with Crippen LogP contribution in [0.5, 0.6) is 0 Å². The summed E-state index contributed by atoms with van der Waals surface area (Å²) < 4.78 is 12.3. The van der Waals surface area contributed by atoms with Crippen molar-refractivity contribution in [2.75, 3.05) is 5.73 Å². The number of hydrogen-bond acceptors (Lipinski definition) is 2. The fourth-order valence-corrected chi connectivity index (χ4v) is 3.37. The second-order valence-corrected chi connectivity index (χ2v) is 6.18. The number of nitrogens with two attached hydrogens (primary N) is 1. The Labute approximate surface area is 121 Å². The highest BCUT2D eigenvalue weighted by molar-refractivity contribution is 7.84. The lowest BCUT2D eigenvalue weighted by Gasteiger charge is -2.06. The molecular weight excluding hydrogens is 278 g/mol. The Kier molecular flexibility index (Phi) is 4.61. The van der Waals surface area contributed by atoms with E-state index < -0.39 is 10.8 Å². The Balaban J connectivity index is 2.18. The van der Waals surface area contributed by atoms with Gasteiger partial charge in [-0.25, -0.2) is 0 Å². The molecule has 0 heterocycles. The zero-order valence-corrected chi connectivity index (χ0v) is 12.3. The van der Waals surface area contributed by atoms with Crippen LogP contribution in [-0.2, 0) is 23.0 Å². The molecule has 0 radical (unpaired) electrons. The highest BCUT2D eigenvalue weighted by Gasteiger charge is 2.10. The SMILES string of the molecule is CCc1ccc(CS(=O)c2cc(N)ccc2Cl)cc1. The van der Waals surface area contributed by atoms with Crippen LogP contribution in [-0.4, -0.2) is 4.21 Å². The van der Waals surface area contributed by atoms with Crippen molar-refractivity contribution in [3.63, 3.8) is 0 Å². The van der Waals surface area contributed by atoms with Gasteiger partial charge in [0.15, 0.2) is 0 Å². The summed E-state index contributed by atoms with van der Waals surface area (Å²) in [6.07, 6.45) is 1.00. The molecule has 0 amide bonds. The minimum Gasteiger partial charge on any atom is -0.399 e. The Morgan fingerprint density at radius 1 is 1.11 bits per heavy atom. The summed E-state index contributed by atoms with van der Waals surface area (Å²) in [5.41, 5.74) is 8.59. The molecular formula is C15H16ClNOS. The number of anilines is 1. The van der Waals surface area contributed by atoms with Crippen LogP contribution >= 0.6 is 11.6 Å². The molecule has 19 heavy (non-hydrogen) atoms. The van der Waals surface area contributed by atoms with Gasteiger partial charge in [0, 0.05) is 5.69 Å². The predicted octanol–water partition coefficient (Wildman–Crippen LogP) is 3.79. The molecule has 2 aromatic carbocycles. The normalized spacial score (nSPS) is 12.3. The quantitative estimate of drug-likeness (QED) is 0.872. The monoisotopic (exact) mass is 293 g/mol. The Morgan fingerprint density at radius 3 is 2.37 bits per heavy atom. The first-order valence-electron chi connectivity index (χ1n) is 6.11. The maximum absolute atomic E-state index is 12.3. The van der Waals surface area contributed by atoms with Crippen LogP contribution in [0.2, 0.25) is 5.02 Å². The van der Waals surface area contributed by atoms with Gasteiger partial charge in [0.1, 0.15) is 0 Å². The number of halogens is 1. The first kappa shape index (κ1) is 14.1. The smallest absolute Gasteiger partial charge is 0.0598 e. The third-order valence-electron chi connectivity index (χ3n) is 2.93. The third kappa shape index (κ3) is 3.58. The molecule has 0 spiro atoms. The summed E-state index contributed by atoms with van der Waals surface area (Å²) in [7, 11) is -1.18. The van der Waals surface area contributed by atoms with Crippen LogP contribution in [0.3, 0.4) is 0 Å².